The van der Waals surface area contributed by atoms with Gasteiger partial charge in [0, 0.05) is 7.11 Å². The van der Waals surface area contributed by atoms with E-state index in [1.807, 2.05) is 18.2 Å². The minimum atomic E-state index is 0.593. The van der Waals surface area contributed by atoms with Crippen LogP contribution in [-0.4, -0.2) is 13.7 Å². The fourth-order valence-corrected chi connectivity index (χ4v) is 1.92. The number of hydrogen-bond donors (Lipinski definition) is 1. The highest BCUT2D eigenvalue weighted by Crippen LogP contribution is 2.26. The van der Waals surface area contributed by atoms with Crippen LogP contribution < -0.4 is 5.73 Å². The number of benzene rings is 2. The first-order valence-corrected chi connectivity index (χ1v) is 6.22. The highest BCUT2D eigenvalue weighted by atomic mass is 35.5. The summed E-state index contributed by atoms with van der Waals surface area (Å²) in [6.07, 6.45) is 0.930. The van der Waals surface area contributed by atoms with Crippen LogP contribution in [0.2, 0.25) is 5.02 Å². The summed E-state index contributed by atoms with van der Waals surface area (Å²) in [4.78, 5) is 0. The Morgan fingerprint density at radius 1 is 1.06 bits per heavy atom. The monoisotopic (exact) mass is 261 g/mol. The van der Waals surface area contributed by atoms with Gasteiger partial charge >= 0.3 is 0 Å². The molecular weight excluding hydrogens is 246 g/mol. The predicted octanol–water partition coefficient (Wildman–Crippen LogP) is 3.78. The van der Waals surface area contributed by atoms with E-state index in [9.17, 15) is 0 Å². The normalized spacial score (nSPS) is 10.6. The van der Waals surface area contributed by atoms with Gasteiger partial charge in [0.1, 0.15) is 0 Å². The summed E-state index contributed by atoms with van der Waals surface area (Å²) in [5.74, 6) is 0. The summed E-state index contributed by atoms with van der Waals surface area (Å²) < 4.78 is 5.06. The molecule has 0 unspecified atom stereocenters. The van der Waals surface area contributed by atoms with Gasteiger partial charge in [0.25, 0.3) is 0 Å². The minimum absolute atomic E-state index is 0.593. The summed E-state index contributed by atoms with van der Waals surface area (Å²) in [7, 11) is 1.71. The van der Waals surface area contributed by atoms with Gasteiger partial charge in [-0.15, -0.1) is 0 Å². The van der Waals surface area contributed by atoms with Crippen molar-refractivity contribution in [3.8, 4) is 11.1 Å². The zero-order chi connectivity index (χ0) is 13.0. The van der Waals surface area contributed by atoms with Gasteiger partial charge in [-0.25, -0.2) is 0 Å². The Hall–Kier alpha value is -1.51. The standard InChI is InChI=1S/C15H16ClNO/c1-18-9-8-11-2-4-12(5-3-11)13-6-7-14(16)15(17)10-13/h2-7,10H,8-9,17H2,1H3. The lowest BCUT2D eigenvalue weighted by atomic mass is 10.0. The van der Waals surface area contributed by atoms with Crippen molar-refractivity contribution >= 4 is 17.3 Å². The molecule has 2 rings (SSSR count). The van der Waals surface area contributed by atoms with Crippen molar-refractivity contribution in [2.45, 2.75) is 6.42 Å². The fraction of sp³-hybridized carbons (Fsp3) is 0.200. The van der Waals surface area contributed by atoms with Crippen LogP contribution in [-0.2, 0) is 11.2 Å². The summed E-state index contributed by atoms with van der Waals surface area (Å²) in [5, 5.41) is 0.593. The van der Waals surface area contributed by atoms with Crippen molar-refractivity contribution in [3.05, 3.63) is 53.1 Å². The third-order valence-corrected chi connectivity index (χ3v) is 3.22. The largest absolute Gasteiger partial charge is 0.398 e. The zero-order valence-corrected chi connectivity index (χ0v) is 11.1. The lowest BCUT2D eigenvalue weighted by Crippen LogP contribution is -1.94. The summed E-state index contributed by atoms with van der Waals surface area (Å²) >= 11 is 5.91. The molecule has 0 fully saturated rings. The maximum Gasteiger partial charge on any atom is 0.0635 e. The second kappa shape index (κ2) is 5.89. The third-order valence-electron chi connectivity index (χ3n) is 2.88. The molecule has 0 aliphatic heterocycles. The van der Waals surface area contributed by atoms with E-state index in [0.717, 1.165) is 24.2 Å². The van der Waals surface area contributed by atoms with Crippen LogP contribution in [0, 0.1) is 0 Å². The van der Waals surface area contributed by atoms with Crippen molar-refractivity contribution in [2.24, 2.45) is 0 Å². The molecule has 2 nitrogen and oxygen atoms in total. The van der Waals surface area contributed by atoms with Gasteiger partial charge in [-0.05, 0) is 35.2 Å². The molecule has 0 heterocycles. The lowest BCUT2D eigenvalue weighted by Gasteiger charge is -2.06. The number of rotatable bonds is 4. The Balaban J connectivity index is 2.20. The summed E-state index contributed by atoms with van der Waals surface area (Å²) in [6, 6.07) is 14.1. The number of nitrogen functional groups attached to an aromatic ring is 1. The molecule has 0 saturated carbocycles. The van der Waals surface area contributed by atoms with Gasteiger partial charge in [0.05, 0.1) is 17.3 Å². The number of ether oxygens (including phenoxy) is 1. The van der Waals surface area contributed by atoms with Crippen LogP contribution in [0.25, 0.3) is 11.1 Å². The smallest absolute Gasteiger partial charge is 0.0635 e. The molecule has 0 aliphatic rings. The Bertz CT molecular complexity index is 523. The molecule has 0 spiro atoms. The van der Waals surface area contributed by atoms with E-state index in [1.54, 1.807) is 7.11 Å². The Morgan fingerprint density at radius 2 is 1.72 bits per heavy atom. The van der Waals surface area contributed by atoms with Gasteiger partial charge in [0.2, 0.25) is 0 Å². The topological polar surface area (TPSA) is 35.2 Å². The third kappa shape index (κ3) is 3.03. The Labute approximate surface area is 112 Å². The van der Waals surface area contributed by atoms with Gasteiger partial charge in [-0.3, -0.25) is 0 Å². The summed E-state index contributed by atoms with van der Waals surface area (Å²) in [6.45, 7) is 0.743. The van der Waals surface area contributed by atoms with E-state index in [2.05, 4.69) is 24.3 Å². The van der Waals surface area contributed by atoms with E-state index in [4.69, 9.17) is 22.1 Å². The van der Waals surface area contributed by atoms with Crippen molar-refractivity contribution in [3.63, 3.8) is 0 Å². The maximum atomic E-state index is 5.91. The minimum Gasteiger partial charge on any atom is -0.398 e. The summed E-state index contributed by atoms with van der Waals surface area (Å²) in [5.41, 5.74) is 9.90. The van der Waals surface area contributed by atoms with Crippen molar-refractivity contribution in [2.75, 3.05) is 19.5 Å². The predicted molar refractivity (Wildman–Crippen MR) is 76.9 cm³/mol. The molecule has 94 valence electrons. The molecule has 3 heteroatoms. The maximum absolute atomic E-state index is 5.91. The second-order valence-corrected chi connectivity index (χ2v) is 4.58. The number of halogens is 1. The van der Waals surface area contributed by atoms with Crippen molar-refractivity contribution < 1.29 is 4.74 Å². The molecular formula is C15H16ClNO. The van der Waals surface area contributed by atoms with Crippen LogP contribution in [0.5, 0.6) is 0 Å². The van der Waals surface area contributed by atoms with Crippen LogP contribution in [0.15, 0.2) is 42.5 Å². The Kier molecular flexibility index (Phi) is 4.24. The van der Waals surface area contributed by atoms with Crippen LogP contribution in [0.1, 0.15) is 5.56 Å². The number of hydrogen-bond acceptors (Lipinski definition) is 2. The number of anilines is 1. The average molecular weight is 262 g/mol. The highest BCUT2D eigenvalue weighted by Gasteiger charge is 2.01. The van der Waals surface area contributed by atoms with Gasteiger partial charge in [-0.2, -0.15) is 0 Å². The van der Waals surface area contributed by atoms with Crippen LogP contribution >= 0.6 is 11.6 Å². The first-order valence-electron chi connectivity index (χ1n) is 5.84. The molecule has 0 bridgehead atoms. The molecule has 18 heavy (non-hydrogen) atoms. The van der Waals surface area contributed by atoms with E-state index in [0.29, 0.717) is 10.7 Å². The van der Waals surface area contributed by atoms with Crippen LogP contribution in [0.3, 0.4) is 0 Å². The highest BCUT2D eigenvalue weighted by molar-refractivity contribution is 6.33. The van der Waals surface area contributed by atoms with Crippen molar-refractivity contribution in [1.29, 1.82) is 0 Å². The quantitative estimate of drug-likeness (QED) is 0.850. The molecule has 0 saturated heterocycles. The van der Waals surface area contributed by atoms with E-state index in [-0.39, 0.29) is 0 Å². The molecule has 2 aromatic carbocycles. The first-order chi connectivity index (χ1) is 8.70. The fourth-order valence-electron chi connectivity index (χ4n) is 1.81. The molecule has 2 aromatic rings. The SMILES string of the molecule is COCCc1ccc(-c2ccc(Cl)c(N)c2)cc1. The van der Waals surface area contributed by atoms with Crippen LogP contribution in [0.4, 0.5) is 5.69 Å². The average Bonchev–Trinajstić information content (AvgIpc) is 2.40. The Morgan fingerprint density at radius 3 is 2.33 bits per heavy atom. The van der Waals surface area contributed by atoms with Gasteiger partial charge in [0.15, 0.2) is 0 Å². The van der Waals surface area contributed by atoms with Gasteiger partial charge < -0.3 is 10.5 Å². The second-order valence-electron chi connectivity index (χ2n) is 4.18. The first kappa shape index (κ1) is 12.9. The molecule has 2 N–H and O–H groups in total. The van der Waals surface area contributed by atoms with Gasteiger partial charge in [-0.1, -0.05) is 41.9 Å². The van der Waals surface area contributed by atoms with E-state index in [1.165, 1.54) is 5.56 Å². The molecule has 0 atom stereocenters. The lowest BCUT2D eigenvalue weighted by molar-refractivity contribution is 0.202. The molecule has 0 aromatic heterocycles. The van der Waals surface area contributed by atoms with E-state index < -0.39 is 0 Å². The molecule has 0 aliphatic carbocycles. The van der Waals surface area contributed by atoms with E-state index >= 15 is 0 Å². The number of methoxy groups -OCH3 is 1. The number of nitrogens with two attached hydrogens (primary N) is 1. The zero-order valence-electron chi connectivity index (χ0n) is 10.3. The van der Waals surface area contributed by atoms with Crippen molar-refractivity contribution in [1.82, 2.24) is 0 Å². The molecule has 0 radical (unpaired) electrons. The molecule has 0 amide bonds.